The fourth-order valence-corrected chi connectivity index (χ4v) is 4.78. The zero-order valence-corrected chi connectivity index (χ0v) is 20.5. The lowest BCUT2D eigenvalue weighted by Crippen LogP contribution is -2.39. The summed E-state index contributed by atoms with van der Waals surface area (Å²) in [6, 6.07) is 9.40. The van der Waals surface area contributed by atoms with E-state index in [1.807, 2.05) is 4.90 Å². The van der Waals surface area contributed by atoms with E-state index >= 15 is 0 Å². The number of amides is 3. The molecule has 1 atom stereocenters. The summed E-state index contributed by atoms with van der Waals surface area (Å²) in [5.74, 6) is -1.08. The SMILES string of the molecule is CC1CCCN(C(=O)c2cccc(NC3=C(Cl)C(=O)N(c4cc(Cl)c(Cl)cc4Cl)C3=O)c2)C1. The summed E-state index contributed by atoms with van der Waals surface area (Å²) in [5, 5.41) is 2.97. The van der Waals surface area contributed by atoms with Crippen LogP contribution in [0.5, 0.6) is 0 Å². The molecule has 10 heteroatoms. The Labute approximate surface area is 211 Å². The van der Waals surface area contributed by atoms with Gasteiger partial charge in [-0.25, -0.2) is 4.90 Å². The van der Waals surface area contributed by atoms with E-state index in [0.717, 1.165) is 17.7 Å². The number of nitrogens with one attached hydrogen (secondary N) is 1. The van der Waals surface area contributed by atoms with Gasteiger partial charge in [-0.3, -0.25) is 14.4 Å². The Hall–Kier alpha value is -2.25. The van der Waals surface area contributed by atoms with Crippen LogP contribution in [0.3, 0.4) is 0 Å². The molecule has 3 amide bonds. The molecule has 172 valence electrons. The van der Waals surface area contributed by atoms with Crippen molar-refractivity contribution in [2.24, 2.45) is 5.92 Å². The second kappa shape index (κ2) is 9.55. The van der Waals surface area contributed by atoms with Gasteiger partial charge in [-0.05, 0) is 49.1 Å². The molecule has 33 heavy (non-hydrogen) atoms. The van der Waals surface area contributed by atoms with Crippen LogP contribution in [0, 0.1) is 5.92 Å². The molecular weight excluding hydrogens is 508 g/mol. The maximum atomic E-state index is 13.1. The van der Waals surface area contributed by atoms with Gasteiger partial charge >= 0.3 is 0 Å². The van der Waals surface area contributed by atoms with E-state index in [-0.39, 0.29) is 37.4 Å². The van der Waals surface area contributed by atoms with E-state index in [2.05, 4.69) is 12.2 Å². The first-order valence-electron chi connectivity index (χ1n) is 10.3. The zero-order chi connectivity index (χ0) is 23.9. The molecule has 2 heterocycles. The summed E-state index contributed by atoms with van der Waals surface area (Å²) < 4.78 is 0. The average molecular weight is 527 g/mol. The third-order valence-electron chi connectivity index (χ3n) is 5.58. The van der Waals surface area contributed by atoms with Crippen molar-refractivity contribution in [3.63, 3.8) is 0 Å². The Bertz CT molecular complexity index is 1200. The molecule has 1 fully saturated rings. The van der Waals surface area contributed by atoms with Crippen LogP contribution in [0.25, 0.3) is 0 Å². The van der Waals surface area contributed by atoms with Gasteiger partial charge in [0, 0.05) is 24.3 Å². The van der Waals surface area contributed by atoms with Gasteiger partial charge in [0.05, 0.1) is 20.8 Å². The quantitative estimate of drug-likeness (QED) is 0.394. The molecule has 2 aromatic rings. The molecule has 6 nitrogen and oxygen atoms in total. The third-order valence-corrected chi connectivity index (χ3v) is 6.96. The molecule has 0 saturated carbocycles. The van der Waals surface area contributed by atoms with Crippen molar-refractivity contribution in [3.8, 4) is 0 Å². The van der Waals surface area contributed by atoms with Crippen molar-refractivity contribution in [1.29, 1.82) is 0 Å². The van der Waals surface area contributed by atoms with Crippen LogP contribution in [0.1, 0.15) is 30.1 Å². The minimum atomic E-state index is -0.751. The van der Waals surface area contributed by atoms with E-state index < -0.39 is 11.8 Å². The molecule has 2 aliphatic heterocycles. The number of hydrogen-bond acceptors (Lipinski definition) is 4. The van der Waals surface area contributed by atoms with Gasteiger partial charge in [0.2, 0.25) is 0 Å². The summed E-state index contributed by atoms with van der Waals surface area (Å²) in [6.07, 6.45) is 2.07. The summed E-state index contributed by atoms with van der Waals surface area (Å²) in [4.78, 5) is 41.4. The first kappa shape index (κ1) is 23.9. The summed E-state index contributed by atoms with van der Waals surface area (Å²) in [7, 11) is 0. The van der Waals surface area contributed by atoms with Crippen molar-refractivity contribution in [1.82, 2.24) is 4.90 Å². The molecule has 0 aromatic heterocycles. The largest absolute Gasteiger partial charge is 0.350 e. The number of imide groups is 1. The first-order valence-corrected chi connectivity index (χ1v) is 11.8. The Balaban J connectivity index is 1.58. The molecular formula is C23H19Cl4N3O3. The minimum Gasteiger partial charge on any atom is -0.350 e. The van der Waals surface area contributed by atoms with Crippen molar-refractivity contribution < 1.29 is 14.4 Å². The summed E-state index contributed by atoms with van der Waals surface area (Å²) >= 11 is 24.4. The minimum absolute atomic E-state index is 0.0687. The van der Waals surface area contributed by atoms with Crippen molar-refractivity contribution in [2.45, 2.75) is 19.8 Å². The predicted octanol–water partition coefficient (Wildman–Crippen LogP) is 5.95. The highest BCUT2D eigenvalue weighted by molar-refractivity contribution is 6.54. The van der Waals surface area contributed by atoms with E-state index in [1.165, 1.54) is 12.1 Å². The number of hydrogen-bond donors (Lipinski definition) is 1. The number of carbonyl (C=O) groups is 3. The average Bonchev–Trinajstić information content (AvgIpc) is 2.99. The van der Waals surface area contributed by atoms with Crippen LogP contribution >= 0.6 is 46.4 Å². The van der Waals surface area contributed by atoms with Gasteiger partial charge in [-0.1, -0.05) is 59.4 Å². The molecule has 2 aliphatic rings. The maximum absolute atomic E-state index is 13.1. The lowest BCUT2D eigenvalue weighted by atomic mass is 9.99. The molecule has 1 N–H and O–H groups in total. The number of likely N-dealkylation sites (tertiary alicyclic amines) is 1. The van der Waals surface area contributed by atoms with Gasteiger partial charge in [-0.15, -0.1) is 0 Å². The fraction of sp³-hybridized carbons (Fsp3) is 0.261. The molecule has 0 aliphatic carbocycles. The van der Waals surface area contributed by atoms with E-state index in [9.17, 15) is 14.4 Å². The van der Waals surface area contributed by atoms with Crippen LogP contribution in [0.4, 0.5) is 11.4 Å². The van der Waals surface area contributed by atoms with Crippen LogP contribution in [0.15, 0.2) is 47.1 Å². The standard InChI is InChI=1S/C23H19Cl4N3O3/c1-12-4-3-7-29(11-12)21(31)13-5-2-6-14(8-13)28-20-19(27)22(32)30(23(20)33)18-10-16(25)15(24)9-17(18)26/h2,5-6,8-10,12,28H,3-4,7,11H2,1H3. The van der Waals surface area contributed by atoms with E-state index in [1.54, 1.807) is 24.3 Å². The third kappa shape index (κ3) is 4.71. The number of piperidine rings is 1. The highest BCUT2D eigenvalue weighted by Gasteiger charge is 2.40. The highest BCUT2D eigenvalue weighted by atomic mass is 35.5. The number of benzene rings is 2. The maximum Gasteiger partial charge on any atom is 0.283 e. The predicted molar refractivity (Wildman–Crippen MR) is 131 cm³/mol. The van der Waals surface area contributed by atoms with Crippen molar-refractivity contribution in [3.05, 3.63) is 67.8 Å². The number of carbonyl (C=O) groups excluding carboxylic acids is 3. The van der Waals surface area contributed by atoms with Gasteiger partial charge in [0.15, 0.2) is 0 Å². The Morgan fingerprint density at radius 2 is 1.73 bits per heavy atom. The monoisotopic (exact) mass is 525 g/mol. The summed E-state index contributed by atoms with van der Waals surface area (Å²) in [6.45, 7) is 3.55. The molecule has 4 rings (SSSR count). The fourth-order valence-electron chi connectivity index (χ4n) is 3.94. The number of anilines is 2. The second-order valence-corrected chi connectivity index (χ2v) is 9.66. The van der Waals surface area contributed by atoms with E-state index in [0.29, 0.717) is 30.3 Å². The van der Waals surface area contributed by atoms with Crippen molar-refractivity contribution in [2.75, 3.05) is 23.3 Å². The van der Waals surface area contributed by atoms with Crippen LogP contribution in [0.2, 0.25) is 15.1 Å². The Kier molecular flexibility index (Phi) is 6.91. The zero-order valence-electron chi connectivity index (χ0n) is 17.5. The normalized spacial score (nSPS) is 18.9. The van der Waals surface area contributed by atoms with Crippen molar-refractivity contribution >= 4 is 75.5 Å². The van der Waals surface area contributed by atoms with Gasteiger partial charge in [-0.2, -0.15) is 0 Å². The van der Waals surface area contributed by atoms with E-state index in [4.69, 9.17) is 46.4 Å². The Morgan fingerprint density at radius 1 is 1.00 bits per heavy atom. The highest BCUT2D eigenvalue weighted by Crippen LogP contribution is 2.38. The lowest BCUT2D eigenvalue weighted by molar-refractivity contribution is -0.120. The van der Waals surface area contributed by atoms with Crippen LogP contribution < -0.4 is 10.2 Å². The van der Waals surface area contributed by atoms with Crippen LogP contribution in [-0.2, 0) is 9.59 Å². The molecule has 1 saturated heterocycles. The Morgan fingerprint density at radius 3 is 2.45 bits per heavy atom. The molecule has 1 unspecified atom stereocenters. The molecule has 2 aromatic carbocycles. The smallest absolute Gasteiger partial charge is 0.283 e. The van der Waals surface area contributed by atoms with Gasteiger partial charge in [0.1, 0.15) is 10.7 Å². The lowest BCUT2D eigenvalue weighted by Gasteiger charge is -2.31. The van der Waals surface area contributed by atoms with Gasteiger partial charge < -0.3 is 10.2 Å². The second-order valence-electron chi connectivity index (χ2n) is 8.06. The van der Waals surface area contributed by atoms with Crippen LogP contribution in [-0.4, -0.2) is 35.7 Å². The number of nitrogens with zero attached hydrogens (tertiary/aromatic N) is 2. The van der Waals surface area contributed by atoms with Gasteiger partial charge in [0.25, 0.3) is 17.7 Å². The topological polar surface area (TPSA) is 69.7 Å². The first-order chi connectivity index (χ1) is 15.7. The molecule has 0 radical (unpaired) electrons. The molecule has 0 spiro atoms. The number of rotatable bonds is 4. The summed E-state index contributed by atoms with van der Waals surface area (Å²) in [5.41, 5.74) is 0.869. The molecule has 0 bridgehead atoms. The number of halogens is 4.